The fourth-order valence-corrected chi connectivity index (χ4v) is 2.70. The zero-order valence-electron chi connectivity index (χ0n) is 11.9. The summed E-state index contributed by atoms with van der Waals surface area (Å²) in [5.74, 6) is -0.124. The Balaban J connectivity index is 2.05. The summed E-state index contributed by atoms with van der Waals surface area (Å²) < 4.78 is 1.83. The first-order valence-electron chi connectivity index (χ1n) is 6.41. The van der Waals surface area contributed by atoms with Crippen LogP contribution in [0.5, 0.6) is 0 Å². The van der Waals surface area contributed by atoms with Gasteiger partial charge < -0.3 is 16.4 Å². The van der Waals surface area contributed by atoms with Crippen molar-refractivity contribution in [1.29, 1.82) is 0 Å². The van der Waals surface area contributed by atoms with Gasteiger partial charge in [0.15, 0.2) is 0 Å². The molecule has 108 valence electrons. The number of aryl methyl sites for hydroxylation is 1. The molecule has 2 rings (SSSR count). The van der Waals surface area contributed by atoms with E-state index >= 15 is 0 Å². The highest BCUT2D eigenvalue weighted by molar-refractivity contribution is 7.18. The van der Waals surface area contributed by atoms with Gasteiger partial charge in [-0.15, -0.1) is 11.3 Å². The summed E-state index contributed by atoms with van der Waals surface area (Å²) in [6.07, 6.45) is 1.84. The number of carbonyl (C=O) groups is 1. The van der Waals surface area contributed by atoms with Crippen LogP contribution in [0.25, 0.3) is 0 Å². The molecule has 0 aromatic carbocycles. The zero-order chi connectivity index (χ0) is 14.7. The van der Waals surface area contributed by atoms with Gasteiger partial charge in [0, 0.05) is 31.4 Å². The highest BCUT2D eigenvalue weighted by Crippen LogP contribution is 2.29. The first-order valence-corrected chi connectivity index (χ1v) is 7.23. The van der Waals surface area contributed by atoms with Crippen molar-refractivity contribution in [2.75, 3.05) is 17.6 Å². The van der Waals surface area contributed by atoms with Crippen LogP contribution in [0.2, 0.25) is 0 Å². The lowest BCUT2D eigenvalue weighted by Crippen LogP contribution is -2.22. The summed E-state index contributed by atoms with van der Waals surface area (Å²) in [5.41, 5.74) is 8.62. The number of thiophene rings is 1. The van der Waals surface area contributed by atoms with E-state index in [-0.39, 0.29) is 5.91 Å². The average Bonchev–Trinajstić information content (AvgIpc) is 2.93. The largest absolute Gasteiger partial charge is 0.397 e. The number of nitrogens with one attached hydrogen (secondary N) is 2. The third kappa shape index (κ3) is 2.93. The number of nitrogens with zero attached hydrogens (tertiary/aromatic N) is 2. The lowest BCUT2D eigenvalue weighted by atomic mass is 10.2. The molecule has 0 unspecified atom stereocenters. The standard InChI is InChI=1S/C13H19N5OS/c1-4-15-13(19)12-10(14)5-11(20-12)16-6-9-7-17-18(3)8(9)2/h5,7,16H,4,6,14H2,1-3H3,(H,15,19). The summed E-state index contributed by atoms with van der Waals surface area (Å²) in [7, 11) is 1.91. The number of nitrogens with two attached hydrogens (primary N) is 1. The Morgan fingerprint density at radius 3 is 2.90 bits per heavy atom. The lowest BCUT2D eigenvalue weighted by Gasteiger charge is -2.03. The Morgan fingerprint density at radius 2 is 2.30 bits per heavy atom. The monoisotopic (exact) mass is 293 g/mol. The van der Waals surface area contributed by atoms with Gasteiger partial charge in [-0.05, 0) is 19.9 Å². The molecular formula is C13H19N5OS. The predicted octanol–water partition coefficient (Wildman–Crippen LogP) is 1.73. The van der Waals surface area contributed by atoms with E-state index < -0.39 is 0 Å². The minimum Gasteiger partial charge on any atom is -0.397 e. The predicted molar refractivity (Wildman–Crippen MR) is 82.0 cm³/mol. The molecule has 2 aromatic rings. The van der Waals surface area contributed by atoms with Gasteiger partial charge in [-0.1, -0.05) is 0 Å². The normalized spacial score (nSPS) is 10.6. The van der Waals surface area contributed by atoms with E-state index in [4.69, 9.17) is 5.73 Å². The van der Waals surface area contributed by atoms with E-state index in [9.17, 15) is 4.79 Å². The number of nitrogen functional groups attached to an aromatic ring is 1. The maximum Gasteiger partial charge on any atom is 0.263 e. The van der Waals surface area contributed by atoms with Crippen LogP contribution in [0, 0.1) is 6.92 Å². The molecule has 0 fully saturated rings. The van der Waals surface area contributed by atoms with Gasteiger partial charge in [0.25, 0.3) is 5.91 Å². The first-order chi connectivity index (χ1) is 9.52. The topological polar surface area (TPSA) is 85.0 Å². The van der Waals surface area contributed by atoms with E-state index in [1.807, 2.05) is 31.8 Å². The summed E-state index contributed by atoms with van der Waals surface area (Å²) >= 11 is 1.36. The van der Waals surface area contributed by atoms with Gasteiger partial charge in [0.1, 0.15) is 4.88 Å². The minimum atomic E-state index is -0.124. The smallest absolute Gasteiger partial charge is 0.263 e. The van der Waals surface area contributed by atoms with Gasteiger partial charge in [-0.3, -0.25) is 9.48 Å². The number of hydrogen-bond acceptors (Lipinski definition) is 5. The Hall–Kier alpha value is -2.02. The third-order valence-corrected chi connectivity index (χ3v) is 4.20. The number of amides is 1. The molecular weight excluding hydrogens is 274 g/mol. The van der Waals surface area contributed by atoms with Crippen LogP contribution in [0.3, 0.4) is 0 Å². The first kappa shape index (κ1) is 14.4. The molecule has 0 aliphatic carbocycles. The molecule has 0 aliphatic rings. The quantitative estimate of drug-likeness (QED) is 0.784. The van der Waals surface area contributed by atoms with Crippen LogP contribution in [0.4, 0.5) is 10.7 Å². The lowest BCUT2D eigenvalue weighted by molar-refractivity contribution is 0.0960. The fourth-order valence-electron chi connectivity index (χ4n) is 1.81. The second-order valence-electron chi connectivity index (χ2n) is 4.49. The van der Waals surface area contributed by atoms with Gasteiger partial charge in [-0.25, -0.2) is 0 Å². The van der Waals surface area contributed by atoms with Crippen molar-refractivity contribution in [2.24, 2.45) is 7.05 Å². The number of anilines is 2. The average molecular weight is 293 g/mol. The summed E-state index contributed by atoms with van der Waals surface area (Å²) in [5, 5.41) is 11.1. The van der Waals surface area contributed by atoms with Crippen molar-refractivity contribution >= 4 is 27.9 Å². The highest BCUT2D eigenvalue weighted by Gasteiger charge is 2.14. The third-order valence-electron chi connectivity index (χ3n) is 3.09. The van der Waals surface area contributed by atoms with E-state index in [0.29, 0.717) is 23.7 Å². The molecule has 4 N–H and O–H groups in total. The number of aromatic nitrogens is 2. The van der Waals surface area contributed by atoms with Gasteiger partial charge in [0.05, 0.1) is 16.9 Å². The van der Waals surface area contributed by atoms with E-state index in [0.717, 1.165) is 16.3 Å². The van der Waals surface area contributed by atoms with Crippen molar-refractivity contribution in [2.45, 2.75) is 20.4 Å². The minimum absolute atomic E-state index is 0.124. The molecule has 1 amide bonds. The zero-order valence-corrected chi connectivity index (χ0v) is 12.7. The molecule has 0 saturated carbocycles. The highest BCUT2D eigenvalue weighted by atomic mass is 32.1. The van der Waals surface area contributed by atoms with Crippen molar-refractivity contribution < 1.29 is 4.79 Å². The Labute approximate surface area is 122 Å². The van der Waals surface area contributed by atoms with Crippen LogP contribution < -0.4 is 16.4 Å². The maximum absolute atomic E-state index is 11.8. The molecule has 0 aliphatic heterocycles. The molecule has 0 saturated heterocycles. The van der Waals surface area contributed by atoms with Gasteiger partial charge in [0.2, 0.25) is 0 Å². The Morgan fingerprint density at radius 1 is 1.55 bits per heavy atom. The van der Waals surface area contributed by atoms with Crippen LogP contribution in [0.15, 0.2) is 12.3 Å². The molecule has 7 heteroatoms. The van der Waals surface area contributed by atoms with Crippen molar-refractivity contribution in [3.63, 3.8) is 0 Å². The molecule has 0 bridgehead atoms. The SMILES string of the molecule is CCNC(=O)c1sc(NCc2cnn(C)c2C)cc1N. The van der Waals surface area contributed by atoms with Crippen molar-refractivity contribution in [3.8, 4) is 0 Å². The number of carbonyl (C=O) groups excluding carboxylic acids is 1. The summed E-state index contributed by atoms with van der Waals surface area (Å²) in [6.45, 7) is 5.15. The van der Waals surface area contributed by atoms with Gasteiger partial charge >= 0.3 is 0 Å². The Kier molecular flexibility index (Phi) is 4.29. The number of hydrogen-bond donors (Lipinski definition) is 3. The molecule has 2 aromatic heterocycles. The van der Waals surface area contributed by atoms with E-state index in [1.54, 1.807) is 6.07 Å². The van der Waals surface area contributed by atoms with Gasteiger partial charge in [-0.2, -0.15) is 5.10 Å². The van der Waals surface area contributed by atoms with Crippen LogP contribution in [-0.2, 0) is 13.6 Å². The second-order valence-corrected chi connectivity index (χ2v) is 5.54. The summed E-state index contributed by atoms with van der Waals surface area (Å²) in [4.78, 5) is 12.3. The molecule has 0 spiro atoms. The molecule has 20 heavy (non-hydrogen) atoms. The van der Waals surface area contributed by atoms with Crippen molar-refractivity contribution in [1.82, 2.24) is 15.1 Å². The second kappa shape index (κ2) is 5.96. The number of rotatable bonds is 5. The fraction of sp³-hybridized carbons (Fsp3) is 0.385. The maximum atomic E-state index is 11.8. The Bertz CT molecular complexity index is 616. The van der Waals surface area contributed by atoms with Crippen molar-refractivity contribution in [3.05, 3.63) is 28.4 Å². The molecule has 0 atom stereocenters. The van der Waals surface area contributed by atoms with Crippen LogP contribution in [-0.4, -0.2) is 22.2 Å². The van der Waals surface area contributed by atoms with E-state index in [1.165, 1.54) is 11.3 Å². The van der Waals surface area contributed by atoms with Crippen LogP contribution in [0.1, 0.15) is 27.9 Å². The molecule has 6 nitrogen and oxygen atoms in total. The molecule has 0 radical (unpaired) electrons. The van der Waals surface area contributed by atoms with E-state index in [2.05, 4.69) is 15.7 Å². The van der Waals surface area contributed by atoms with Crippen LogP contribution >= 0.6 is 11.3 Å². The summed E-state index contributed by atoms with van der Waals surface area (Å²) in [6, 6.07) is 1.79. The molecule has 2 heterocycles.